The Hall–Kier alpha value is -2.41. The zero-order valence-electron chi connectivity index (χ0n) is 11.5. The number of carbonyl (C=O) groups is 2. The lowest BCUT2D eigenvalue weighted by Gasteiger charge is -2.11. The molecule has 110 valence electrons. The van der Waals surface area contributed by atoms with Crippen molar-refractivity contribution in [1.82, 2.24) is 10.3 Å². The van der Waals surface area contributed by atoms with Crippen molar-refractivity contribution in [2.24, 2.45) is 0 Å². The maximum Gasteiger partial charge on any atom is 0.355 e. The highest BCUT2D eigenvalue weighted by molar-refractivity contribution is 7.09. The third kappa shape index (κ3) is 3.38. The summed E-state index contributed by atoms with van der Waals surface area (Å²) in [5.41, 5.74) is 1.00. The number of thiazole rings is 1. The Morgan fingerprint density at radius 1 is 1.38 bits per heavy atom. The molecule has 0 aliphatic carbocycles. The zero-order valence-corrected chi connectivity index (χ0v) is 12.3. The van der Waals surface area contributed by atoms with E-state index in [1.165, 1.54) is 28.8 Å². The Bertz CT molecular complexity index is 696. The number of phenolic OH excluding ortho intramolecular Hbond substituents is 1. The molecule has 1 aromatic carbocycles. The summed E-state index contributed by atoms with van der Waals surface area (Å²) in [5, 5.41) is 23.0. The van der Waals surface area contributed by atoms with Crippen LogP contribution in [0.25, 0.3) is 0 Å². The average molecular weight is 306 g/mol. The van der Waals surface area contributed by atoms with E-state index in [1.54, 1.807) is 19.9 Å². The number of phenols is 1. The third-order valence-corrected chi connectivity index (χ3v) is 3.95. The van der Waals surface area contributed by atoms with Gasteiger partial charge >= 0.3 is 5.97 Å². The number of rotatable bonds is 4. The largest absolute Gasteiger partial charge is 0.508 e. The van der Waals surface area contributed by atoms with Crippen molar-refractivity contribution in [2.75, 3.05) is 0 Å². The molecule has 1 atom stereocenters. The van der Waals surface area contributed by atoms with Gasteiger partial charge < -0.3 is 15.5 Å². The first-order valence-corrected chi connectivity index (χ1v) is 7.05. The highest BCUT2D eigenvalue weighted by Gasteiger charge is 2.17. The molecule has 6 nitrogen and oxygen atoms in total. The van der Waals surface area contributed by atoms with E-state index in [0.29, 0.717) is 16.1 Å². The van der Waals surface area contributed by atoms with Crippen LogP contribution in [-0.2, 0) is 0 Å². The van der Waals surface area contributed by atoms with Gasteiger partial charge in [0.1, 0.15) is 10.8 Å². The smallest absolute Gasteiger partial charge is 0.355 e. The fraction of sp³-hybridized carbons (Fsp3) is 0.214. The minimum Gasteiger partial charge on any atom is -0.508 e. The van der Waals surface area contributed by atoms with Crippen LogP contribution >= 0.6 is 11.3 Å². The highest BCUT2D eigenvalue weighted by atomic mass is 32.1. The van der Waals surface area contributed by atoms with Gasteiger partial charge in [-0.3, -0.25) is 4.79 Å². The number of aromatic carboxylic acids is 1. The van der Waals surface area contributed by atoms with E-state index in [9.17, 15) is 14.7 Å². The lowest BCUT2D eigenvalue weighted by Crippen LogP contribution is -2.26. The molecule has 2 aromatic rings. The minimum absolute atomic E-state index is 0.0309. The summed E-state index contributed by atoms with van der Waals surface area (Å²) in [6.45, 7) is 3.44. The molecule has 0 aliphatic rings. The monoisotopic (exact) mass is 306 g/mol. The number of nitrogens with zero attached hydrogens (tertiary/aromatic N) is 1. The van der Waals surface area contributed by atoms with Gasteiger partial charge in [-0.05, 0) is 37.6 Å². The summed E-state index contributed by atoms with van der Waals surface area (Å²) < 4.78 is 0. The zero-order chi connectivity index (χ0) is 15.6. The van der Waals surface area contributed by atoms with E-state index < -0.39 is 12.0 Å². The van der Waals surface area contributed by atoms with Crippen LogP contribution in [0.5, 0.6) is 5.75 Å². The summed E-state index contributed by atoms with van der Waals surface area (Å²) in [4.78, 5) is 26.8. The molecule has 3 N–H and O–H groups in total. The summed E-state index contributed by atoms with van der Waals surface area (Å²) in [6, 6.07) is 4.17. The van der Waals surface area contributed by atoms with Crippen LogP contribution in [0.2, 0.25) is 0 Å². The molecule has 0 fully saturated rings. The van der Waals surface area contributed by atoms with Gasteiger partial charge in [0.15, 0.2) is 5.69 Å². The predicted molar refractivity (Wildman–Crippen MR) is 77.8 cm³/mol. The quantitative estimate of drug-likeness (QED) is 0.805. The van der Waals surface area contributed by atoms with Gasteiger partial charge in [0.2, 0.25) is 0 Å². The molecule has 1 aromatic heterocycles. The lowest BCUT2D eigenvalue weighted by molar-refractivity contribution is 0.0691. The summed E-state index contributed by atoms with van der Waals surface area (Å²) in [6.07, 6.45) is 0. The molecule has 21 heavy (non-hydrogen) atoms. The second-order valence-corrected chi connectivity index (χ2v) is 5.46. The van der Waals surface area contributed by atoms with E-state index in [0.717, 1.165) is 0 Å². The topological polar surface area (TPSA) is 99.5 Å². The van der Waals surface area contributed by atoms with Crippen molar-refractivity contribution in [3.05, 3.63) is 45.4 Å². The first kappa shape index (κ1) is 15.0. The maximum absolute atomic E-state index is 12.1. The molecule has 0 saturated carbocycles. The van der Waals surface area contributed by atoms with Crippen molar-refractivity contribution < 1.29 is 19.8 Å². The van der Waals surface area contributed by atoms with Gasteiger partial charge in [-0.2, -0.15) is 0 Å². The van der Waals surface area contributed by atoms with Crippen molar-refractivity contribution in [2.45, 2.75) is 19.9 Å². The Morgan fingerprint density at radius 2 is 2.10 bits per heavy atom. The van der Waals surface area contributed by atoms with Crippen molar-refractivity contribution in [1.29, 1.82) is 0 Å². The van der Waals surface area contributed by atoms with Crippen LogP contribution in [0, 0.1) is 6.92 Å². The van der Waals surface area contributed by atoms with Crippen LogP contribution in [0.3, 0.4) is 0 Å². The molecule has 0 bridgehead atoms. The molecular formula is C14H14N2O4S. The molecule has 0 saturated heterocycles. The number of hydrogen-bond acceptors (Lipinski definition) is 5. The van der Waals surface area contributed by atoms with Crippen LogP contribution in [-0.4, -0.2) is 27.1 Å². The standard InChI is InChI=1S/C14H14N2O4S/c1-7-5-9(3-4-11(7)17)12(18)15-8(2)13-16-10(6-21-13)14(19)20/h3-6,8,17H,1-2H3,(H,15,18)(H,19,20). The van der Waals surface area contributed by atoms with E-state index in [-0.39, 0.29) is 17.4 Å². The van der Waals surface area contributed by atoms with E-state index in [4.69, 9.17) is 5.11 Å². The van der Waals surface area contributed by atoms with Crippen molar-refractivity contribution >= 4 is 23.2 Å². The second-order valence-electron chi connectivity index (χ2n) is 4.57. The molecule has 1 heterocycles. The van der Waals surface area contributed by atoms with Crippen LogP contribution in [0.15, 0.2) is 23.6 Å². The van der Waals surface area contributed by atoms with Gasteiger partial charge in [-0.15, -0.1) is 11.3 Å². The highest BCUT2D eigenvalue weighted by Crippen LogP contribution is 2.20. The summed E-state index contributed by atoms with van der Waals surface area (Å²) in [7, 11) is 0. The molecule has 0 spiro atoms. The molecule has 0 radical (unpaired) electrons. The Labute approximate surface area is 125 Å². The molecule has 0 aliphatic heterocycles. The normalized spacial score (nSPS) is 11.9. The number of carboxylic acids is 1. The Morgan fingerprint density at radius 3 is 2.67 bits per heavy atom. The van der Waals surface area contributed by atoms with Gasteiger partial charge in [0.25, 0.3) is 5.91 Å². The summed E-state index contributed by atoms with van der Waals surface area (Å²) in [5.74, 6) is -1.27. The first-order valence-electron chi connectivity index (χ1n) is 6.17. The Kier molecular flexibility index (Phi) is 4.23. The van der Waals surface area contributed by atoms with E-state index in [1.807, 2.05) is 0 Å². The predicted octanol–water partition coefficient (Wildman–Crippen LogP) is 2.35. The van der Waals surface area contributed by atoms with Crippen molar-refractivity contribution in [3.63, 3.8) is 0 Å². The number of aromatic hydroxyl groups is 1. The SMILES string of the molecule is Cc1cc(C(=O)NC(C)c2nc(C(=O)O)cs2)ccc1O. The van der Waals surface area contributed by atoms with Crippen LogP contribution < -0.4 is 5.32 Å². The maximum atomic E-state index is 12.1. The molecule has 7 heteroatoms. The van der Waals surface area contributed by atoms with Gasteiger partial charge in [-0.25, -0.2) is 9.78 Å². The minimum atomic E-state index is -1.09. The number of amides is 1. The van der Waals surface area contributed by atoms with Gasteiger partial charge in [-0.1, -0.05) is 0 Å². The van der Waals surface area contributed by atoms with Crippen molar-refractivity contribution in [3.8, 4) is 5.75 Å². The number of benzene rings is 1. The molecule has 1 unspecified atom stereocenters. The summed E-state index contributed by atoms with van der Waals surface area (Å²) >= 11 is 1.18. The van der Waals surface area contributed by atoms with E-state index >= 15 is 0 Å². The Balaban J connectivity index is 2.10. The van der Waals surface area contributed by atoms with Crippen LogP contribution in [0.4, 0.5) is 0 Å². The fourth-order valence-corrected chi connectivity index (χ4v) is 2.52. The lowest BCUT2D eigenvalue weighted by atomic mass is 10.1. The number of hydrogen-bond donors (Lipinski definition) is 3. The third-order valence-electron chi connectivity index (χ3n) is 2.92. The first-order chi connectivity index (χ1) is 9.88. The number of nitrogens with one attached hydrogen (secondary N) is 1. The number of aryl methyl sites for hydroxylation is 1. The molecule has 1 amide bonds. The number of aromatic nitrogens is 1. The van der Waals surface area contributed by atoms with Crippen LogP contribution in [0.1, 0.15) is 44.4 Å². The van der Waals surface area contributed by atoms with E-state index in [2.05, 4.69) is 10.3 Å². The van der Waals surface area contributed by atoms with Gasteiger partial charge in [0.05, 0.1) is 6.04 Å². The fourth-order valence-electron chi connectivity index (χ4n) is 1.72. The molecular weight excluding hydrogens is 292 g/mol. The number of carboxylic acid groups (broad SMARTS) is 1. The molecule has 2 rings (SSSR count). The average Bonchev–Trinajstić information content (AvgIpc) is 2.91. The second kappa shape index (κ2) is 5.92. The van der Waals surface area contributed by atoms with Gasteiger partial charge in [0, 0.05) is 10.9 Å². The number of carbonyl (C=O) groups excluding carboxylic acids is 1.